The van der Waals surface area contributed by atoms with Gasteiger partial charge in [0.2, 0.25) is 0 Å². The molecule has 0 fully saturated rings. The maximum Gasteiger partial charge on any atom is 0.348 e. The maximum atomic E-state index is 12.2. The largest absolute Gasteiger partial charge is 0.461 e. The topological polar surface area (TPSA) is 72.0 Å². The number of benzene rings is 1. The molecule has 0 radical (unpaired) electrons. The van der Waals surface area contributed by atoms with Gasteiger partial charge in [0.1, 0.15) is 9.71 Å². The molecule has 5 nitrogen and oxygen atoms in total. The van der Waals surface area contributed by atoms with Crippen LogP contribution in [0.1, 0.15) is 20.8 Å². The van der Waals surface area contributed by atoms with Crippen LogP contribution in [-0.2, 0) is 11.2 Å². The number of carbonyl (C=O) groups excluding carboxylic acids is 1. The Morgan fingerprint density at radius 1 is 1.32 bits per heavy atom. The third kappa shape index (κ3) is 2.78. The third-order valence-electron chi connectivity index (χ3n) is 3.38. The summed E-state index contributed by atoms with van der Waals surface area (Å²) in [5.41, 5.74) is 1.50. The Balaban J connectivity index is 1.74. The summed E-state index contributed by atoms with van der Waals surface area (Å²) in [4.78, 5) is 31.6. The molecule has 0 unspecified atom stereocenters. The zero-order chi connectivity index (χ0) is 15.5. The first-order valence-corrected chi connectivity index (χ1v) is 7.66. The van der Waals surface area contributed by atoms with E-state index in [0.29, 0.717) is 33.7 Å². The number of ether oxygens (including phenoxy) is 1. The first-order valence-electron chi connectivity index (χ1n) is 6.84. The summed E-state index contributed by atoms with van der Waals surface area (Å²) in [6.07, 6.45) is 2.00. The van der Waals surface area contributed by atoms with Crippen LogP contribution in [-0.4, -0.2) is 22.5 Å². The van der Waals surface area contributed by atoms with Gasteiger partial charge >= 0.3 is 5.97 Å². The predicted octanol–water partition coefficient (Wildman–Crippen LogP) is 2.69. The number of hydrogen-bond donors (Lipinski definition) is 1. The Kier molecular flexibility index (Phi) is 4.02. The average molecular weight is 314 g/mol. The van der Waals surface area contributed by atoms with Gasteiger partial charge in [0, 0.05) is 6.42 Å². The van der Waals surface area contributed by atoms with E-state index in [9.17, 15) is 9.59 Å². The van der Waals surface area contributed by atoms with Crippen LogP contribution in [0.3, 0.4) is 0 Å². The van der Waals surface area contributed by atoms with Crippen molar-refractivity contribution in [2.75, 3.05) is 6.61 Å². The number of aromatic nitrogens is 2. The minimum absolute atomic E-state index is 0.234. The van der Waals surface area contributed by atoms with E-state index in [4.69, 9.17) is 4.74 Å². The molecule has 0 amide bonds. The van der Waals surface area contributed by atoms with Crippen LogP contribution in [0.25, 0.3) is 10.2 Å². The third-order valence-corrected chi connectivity index (χ3v) is 4.56. The second-order valence-electron chi connectivity index (χ2n) is 4.84. The van der Waals surface area contributed by atoms with Crippen molar-refractivity contribution >= 4 is 27.5 Å². The number of esters is 1. The fourth-order valence-corrected chi connectivity index (χ4v) is 3.29. The van der Waals surface area contributed by atoms with Gasteiger partial charge in [-0.15, -0.1) is 11.3 Å². The van der Waals surface area contributed by atoms with Crippen molar-refractivity contribution in [3.8, 4) is 0 Å². The van der Waals surface area contributed by atoms with Gasteiger partial charge in [-0.2, -0.15) is 0 Å². The van der Waals surface area contributed by atoms with Crippen molar-refractivity contribution in [3.05, 3.63) is 63.0 Å². The average Bonchev–Trinajstić information content (AvgIpc) is 2.87. The lowest BCUT2D eigenvalue weighted by Crippen LogP contribution is -2.09. The quantitative estimate of drug-likeness (QED) is 0.752. The van der Waals surface area contributed by atoms with Crippen molar-refractivity contribution in [1.82, 2.24) is 9.97 Å². The number of fused-ring (bicyclic) bond motifs is 1. The summed E-state index contributed by atoms with van der Waals surface area (Å²) >= 11 is 1.19. The van der Waals surface area contributed by atoms with Gasteiger partial charge in [-0.3, -0.25) is 4.79 Å². The molecular weight excluding hydrogens is 300 g/mol. The van der Waals surface area contributed by atoms with E-state index >= 15 is 0 Å². The molecule has 0 saturated carbocycles. The summed E-state index contributed by atoms with van der Waals surface area (Å²) in [6, 6.07) is 9.82. The number of aromatic amines is 1. The summed E-state index contributed by atoms with van der Waals surface area (Å²) in [7, 11) is 0. The van der Waals surface area contributed by atoms with Gasteiger partial charge in [0.25, 0.3) is 5.56 Å². The van der Waals surface area contributed by atoms with Crippen LogP contribution in [0.15, 0.2) is 41.5 Å². The summed E-state index contributed by atoms with van der Waals surface area (Å²) in [5, 5.41) is 0.461. The van der Waals surface area contributed by atoms with Crippen LogP contribution in [0.4, 0.5) is 0 Å². The summed E-state index contributed by atoms with van der Waals surface area (Å²) in [6.45, 7) is 2.05. The van der Waals surface area contributed by atoms with Gasteiger partial charge in [-0.25, -0.2) is 9.78 Å². The Bertz CT molecular complexity index is 868. The molecule has 6 heteroatoms. The molecule has 2 aromatic heterocycles. The Morgan fingerprint density at radius 3 is 2.82 bits per heavy atom. The molecule has 3 rings (SSSR count). The molecule has 0 aliphatic rings. The number of thiophene rings is 1. The highest BCUT2D eigenvalue weighted by molar-refractivity contribution is 7.20. The molecule has 0 atom stereocenters. The monoisotopic (exact) mass is 314 g/mol. The van der Waals surface area contributed by atoms with Gasteiger partial charge < -0.3 is 9.72 Å². The summed E-state index contributed by atoms with van der Waals surface area (Å²) in [5.74, 6) is -0.407. The Labute approximate surface area is 130 Å². The highest BCUT2D eigenvalue weighted by atomic mass is 32.1. The molecule has 0 saturated heterocycles. The highest BCUT2D eigenvalue weighted by Crippen LogP contribution is 2.27. The van der Waals surface area contributed by atoms with Crippen molar-refractivity contribution < 1.29 is 9.53 Å². The molecular formula is C16H14N2O3S. The van der Waals surface area contributed by atoms with Crippen LogP contribution < -0.4 is 5.56 Å². The van der Waals surface area contributed by atoms with Gasteiger partial charge in [-0.05, 0) is 18.1 Å². The van der Waals surface area contributed by atoms with Gasteiger partial charge in [0.05, 0.1) is 18.3 Å². The van der Waals surface area contributed by atoms with E-state index in [1.54, 1.807) is 6.92 Å². The predicted molar refractivity (Wildman–Crippen MR) is 85.4 cm³/mol. The van der Waals surface area contributed by atoms with E-state index in [0.717, 1.165) is 5.56 Å². The van der Waals surface area contributed by atoms with Gasteiger partial charge in [-0.1, -0.05) is 30.3 Å². The van der Waals surface area contributed by atoms with Gasteiger partial charge in [0.15, 0.2) is 0 Å². The first kappa shape index (κ1) is 14.5. The number of aryl methyl sites for hydroxylation is 1. The summed E-state index contributed by atoms with van der Waals surface area (Å²) < 4.78 is 5.31. The molecule has 1 N–H and O–H groups in total. The minimum Gasteiger partial charge on any atom is -0.461 e. The second kappa shape index (κ2) is 6.11. The van der Waals surface area contributed by atoms with E-state index < -0.39 is 5.97 Å². The lowest BCUT2D eigenvalue weighted by atomic mass is 10.2. The molecule has 22 heavy (non-hydrogen) atoms. The molecule has 3 aromatic rings. The Hall–Kier alpha value is -2.47. The molecule has 112 valence electrons. The molecule has 0 aliphatic heterocycles. The van der Waals surface area contributed by atoms with Crippen molar-refractivity contribution in [3.63, 3.8) is 0 Å². The fraction of sp³-hybridized carbons (Fsp3) is 0.188. The van der Waals surface area contributed by atoms with E-state index in [-0.39, 0.29) is 5.56 Å². The minimum atomic E-state index is -0.407. The maximum absolute atomic E-state index is 12.2. The van der Waals surface area contributed by atoms with Crippen LogP contribution in [0.5, 0.6) is 0 Å². The molecule has 2 heterocycles. The van der Waals surface area contributed by atoms with Crippen LogP contribution in [0.2, 0.25) is 0 Å². The molecule has 0 bridgehead atoms. The normalized spacial score (nSPS) is 10.8. The van der Waals surface area contributed by atoms with Crippen LogP contribution >= 0.6 is 11.3 Å². The van der Waals surface area contributed by atoms with E-state index in [1.165, 1.54) is 17.7 Å². The molecule has 0 aliphatic carbocycles. The standard InChI is InChI=1S/C16H14N2O3S/c1-10-12-14(19)17-9-18-15(12)22-13(10)16(20)21-8-7-11-5-3-2-4-6-11/h2-6,9H,7-8H2,1H3,(H,17,18,19). The smallest absolute Gasteiger partial charge is 0.348 e. The number of rotatable bonds is 4. The fourth-order valence-electron chi connectivity index (χ4n) is 2.24. The lowest BCUT2D eigenvalue weighted by molar-refractivity contribution is 0.0514. The van der Waals surface area contributed by atoms with Crippen molar-refractivity contribution in [2.24, 2.45) is 0 Å². The number of H-pyrrole nitrogens is 1. The van der Waals surface area contributed by atoms with E-state index in [1.807, 2.05) is 30.3 Å². The zero-order valence-corrected chi connectivity index (χ0v) is 12.8. The SMILES string of the molecule is Cc1c(C(=O)OCCc2ccccc2)sc2nc[nH]c(=O)c12. The zero-order valence-electron chi connectivity index (χ0n) is 12.0. The molecule has 1 aromatic carbocycles. The number of nitrogens with zero attached hydrogens (tertiary/aromatic N) is 1. The second-order valence-corrected chi connectivity index (χ2v) is 5.84. The first-order chi connectivity index (χ1) is 10.7. The van der Waals surface area contributed by atoms with Crippen molar-refractivity contribution in [1.29, 1.82) is 0 Å². The highest BCUT2D eigenvalue weighted by Gasteiger charge is 2.19. The number of carbonyl (C=O) groups is 1. The Morgan fingerprint density at radius 2 is 2.09 bits per heavy atom. The van der Waals surface area contributed by atoms with Crippen LogP contribution in [0, 0.1) is 6.92 Å². The number of hydrogen-bond acceptors (Lipinski definition) is 5. The van der Waals surface area contributed by atoms with E-state index in [2.05, 4.69) is 9.97 Å². The van der Waals surface area contributed by atoms with Crippen molar-refractivity contribution in [2.45, 2.75) is 13.3 Å². The lowest BCUT2D eigenvalue weighted by Gasteiger charge is -2.04. The number of nitrogens with one attached hydrogen (secondary N) is 1. The molecule has 0 spiro atoms.